The largest absolute Gasteiger partial charge is 0.356 e. The van der Waals surface area contributed by atoms with Crippen molar-refractivity contribution in [2.75, 3.05) is 24.5 Å². The number of aryl methyl sites for hydroxylation is 1. The van der Waals surface area contributed by atoms with Crippen LogP contribution in [0.2, 0.25) is 0 Å². The summed E-state index contributed by atoms with van der Waals surface area (Å²) >= 11 is 0. The van der Waals surface area contributed by atoms with Crippen LogP contribution in [0.5, 0.6) is 0 Å². The second-order valence-electron chi connectivity index (χ2n) is 6.89. The first-order valence-electron chi connectivity index (χ1n) is 9.35. The highest BCUT2D eigenvalue weighted by Gasteiger charge is 2.27. The zero-order valence-corrected chi connectivity index (χ0v) is 14.6. The zero-order valence-electron chi connectivity index (χ0n) is 14.6. The molecule has 0 aromatic carbocycles. The SMILES string of the molecule is CCCc1cncnc1N1CCC(N[C@@H]2CCCCNC2=O)CC1. The Labute approximate surface area is 144 Å². The van der Waals surface area contributed by atoms with Crippen molar-refractivity contribution in [3.05, 3.63) is 18.1 Å². The number of piperidine rings is 1. The predicted molar refractivity (Wildman–Crippen MR) is 95.0 cm³/mol. The van der Waals surface area contributed by atoms with Gasteiger partial charge in [-0.2, -0.15) is 0 Å². The minimum atomic E-state index is -0.0150. The predicted octanol–water partition coefficient (Wildman–Crippen LogP) is 1.66. The molecule has 0 radical (unpaired) electrons. The molecule has 6 heteroatoms. The van der Waals surface area contributed by atoms with Crippen LogP contribution >= 0.6 is 0 Å². The first-order chi connectivity index (χ1) is 11.8. The lowest BCUT2D eigenvalue weighted by Gasteiger charge is -2.35. The maximum Gasteiger partial charge on any atom is 0.237 e. The fourth-order valence-corrected chi connectivity index (χ4v) is 3.72. The zero-order chi connectivity index (χ0) is 16.8. The highest BCUT2D eigenvalue weighted by molar-refractivity contribution is 5.81. The molecule has 132 valence electrons. The summed E-state index contributed by atoms with van der Waals surface area (Å²) in [5.41, 5.74) is 1.24. The molecule has 3 rings (SSSR count). The third kappa shape index (κ3) is 4.23. The molecule has 0 saturated carbocycles. The second kappa shape index (κ2) is 8.42. The lowest BCUT2D eigenvalue weighted by atomic mass is 10.0. The summed E-state index contributed by atoms with van der Waals surface area (Å²) < 4.78 is 0. The average molecular weight is 331 g/mol. The van der Waals surface area contributed by atoms with Crippen molar-refractivity contribution >= 4 is 11.7 Å². The van der Waals surface area contributed by atoms with E-state index in [9.17, 15) is 4.79 Å². The number of amides is 1. The number of aromatic nitrogens is 2. The Kier molecular flexibility index (Phi) is 6.01. The monoisotopic (exact) mass is 331 g/mol. The minimum Gasteiger partial charge on any atom is -0.356 e. The van der Waals surface area contributed by atoms with Crippen LogP contribution in [-0.2, 0) is 11.2 Å². The Morgan fingerprint density at radius 3 is 2.92 bits per heavy atom. The number of carbonyl (C=O) groups is 1. The summed E-state index contributed by atoms with van der Waals surface area (Å²) in [6.07, 6.45) is 11.0. The summed E-state index contributed by atoms with van der Waals surface area (Å²) in [7, 11) is 0. The Bertz CT molecular complexity index is 542. The molecule has 2 N–H and O–H groups in total. The summed E-state index contributed by atoms with van der Waals surface area (Å²) in [4.78, 5) is 23.2. The molecule has 1 aromatic heterocycles. The van der Waals surface area contributed by atoms with Crippen LogP contribution in [0.3, 0.4) is 0 Å². The molecule has 0 bridgehead atoms. The number of rotatable bonds is 5. The molecule has 24 heavy (non-hydrogen) atoms. The van der Waals surface area contributed by atoms with E-state index in [1.807, 2.05) is 6.20 Å². The molecule has 2 saturated heterocycles. The molecule has 3 heterocycles. The second-order valence-corrected chi connectivity index (χ2v) is 6.89. The smallest absolute Gasteiger partial charge is 0.237 e. The van der Waals surface area contributed by atoms with Gasteiger partial charge in [-0.15, -0.1) is 0 Å². The van der Waals surface area contributed by atoms with E-state index in [2.05, 4.69) is 32.4 Å². The van der Waals surface area contributed by atoms with Crippen molar-refractivity contribution < 1.29 is 4.79 Å². The lowest BCUT2D eigenvalue weighted by Crippen LogP contribution is -2.51. The number of nitrogens with one attached hydrogen (secondary N) is 2. The third-order valence-corrected chi connectivity index (χ3v) is 5.05. The van der Waals surface area contributed by atoms with Gasteiger partial charge in [0.15, 0.2) is 0 Å². The average Bonchev–Trinajstić information content (AvgIpc) is 2.81. The Hall–Kier alpha value is -1.69. The third-order valence-electron chi connectivity index (χ3n) is 5.05. The van der Waals surface area contributed by atoms with E-state index in [4.69, 9.17) is 0 Å². The van der Waals surface area contributed by atoms with Gasteiger partial charge in [0.1, 0.15) is 12.1 Å². The van der Waals surface area contributed by atoms with Crippen molar-refractivity contribution in [1.29, 1.82) is 0 Å². The van der Waals surface area contributed by atoms with Crippen molar-refractivity contribution in [2.45, 2.75) is 64.0 Å². The molecule has 1 aromatic rings. The molecule has 2 fully saturated rings. The van der Waals surface area contributed by atoms with Crippen LogP contribution < -0.4 is 15.5 Å². The molecular formula is C18H29N5O. The van der Waals surface area contributed by atoms with Crippen LogP contribution in [0.25, 0.3) is 0 Å². The Balaban J connectivity index is 1.55. The first kappa shape index (κ1) is 17.1. The van der Waals surface area contributed by atoms with E-state index < -0.39 is 0 Å². The van der Waals surface area contributed by atoms with E-state index in [1.54, 1.807) is 6.33 Å². The molecule has 6 nitrogen and oxygen atoms in total. The molecule has 2 aliphatic rings. The highest BCUT2D eigenvalue weighted by Crippen LogP contribution is 2.22. The first-order valence-corrected chi connectivity index (χ1v) is 9.35. The standard InChI is InChI=1S/C18H29N5O/c1-2-5-14-12-19-13-21-17(14)23-10-7-15(8-11-23)22-16-6-3-4-9-20-18(16)24/h12-13,15-16,22H,2-11H2,1H3,(H,20,24)/t16-/m1/s1. The van der Waals surface area contributed by atoms with Gasteiger partial charge in [-0.05, 0) is 38.5 Å². The van der Waals surface area contributed by atoms with Gasteiger partial charge in [-0.3, -0.25) is 4.79 Å². The van der Waals surface area contributed by atoms with E-state index >= 15 is 0 Å². The van der Waals surface area contributed by atoms with Gasteiger partial charge >= 0.3 is 0 Å². The Morgan fingerprint density at radius 2 is 2.12 bits per heavy atom. The highest BCUT2D eigenvalue weighted by atomic mass is 16.2. The van der Waals surface area contributed by atoms with Crippen molar-refractivity contribution in [3.63, 3.8) is 0 Å². The fourth-order valence-electron chi connectivity index (χ4n) is 3.72. The van der Waals surface area contributed by atoms with Gasteiger partial charge in [-0.1, -0.05) is 13.3 Å². The van der Waals surface area contributed by atoms with Crippen molar-refractivity contribution in [3.8, 4) is 0 Å². The number of anilines is 1. The Morgan fingerprint density at radius 1 is 1.29 bits per heavy atom. The minimum absolute atomic E-state index is 0.0150. The van der Waals surface area contributed by atoms with Gasteiger partial charge in [0, 0.05) is 37.4 Å². The quantitative estimate of drug-likeness (QED) is 0.859. The van der Waals surface area contributed by atoms with E-state index in [-0.39, 0.29) is 11.9 Å². The van der Waals surface area contributed by atoms with Crippen LogP contribution in [-0.4, -0.2) is 47.6 Å². The van der Waals surface area contributed by atoms with E-state index in [1.165, 1.54) is 5.56 Å². The molecular weight excluding hydrogens is 302 g/mol. The molecule has 1 amide bonds. The van der Waals surface area contributed by atoms with Crippen LogP contribution in [0.4, 0.5) is 5.82 Å². The maximum atomic E-state index is 12.1. The van der Waals surface area contributed by atoms with E-state index in [0.29, 0.717) is 6.04 Å². The van der Waals surface area contributed by atoms with E-state index in [0.717, 1.165) is 70.4 Å². The van der Waals surface area contributed by atoms with Gasteiger partial charge in [0.05, 0.1) is 6.04 Å². The van der Waals surface area contributed by atoms with Gasteiger partial charge in [0.2, 0.25) is 5.91 Å². The topological polar surface area (TPSA) is 70.2 Å². The molecule has 0 aliphatic carbocycles. The number of hydrogen-bond acceptors (Lipinski definition) is 5. The molecule has 2 aliphatic heterocycles. The maximum absolute atomic E-state index is 12.1. The summed E-state index contributed by atoms with van der Waals surface area (Å²) in [6.45, 7) is 4.98. The number of nitrogens with zero attached hydrogens (tertiary/aromatic N) is 3. The number of hydrogen-bond donors (Lipinski definition) is 2. The fraction of sp³-hybridized carbons (Fsp3) is 0.722. The normalized spacial score (nSPS) is 23.0. The van der Waals surface area contributed by atoms with Gasteiger partial charge in [-0.25, -0.2) is 9.97 Å². The summed E-state index contributed by atoms with van der Waals surface area (Å²) in [5.74, 6) is 1.27. The summed E-state index contributed by atoms with van der Waals surface area (Å²) in [6, 6.07) is 0.408. The summed E-state index contributed by atoms with van der Waals surface area (Å²) in [5, 5.41) is 6.60. The molecule has 0 unspecified atom stereocenters. The van der Waals surface area contributed by atoms with Gasteiger partial charge < -0.3 is 15.5 Å². The lowest BCUT2D eigenvalue weighted by molar-refractivity contribution is -0.123. The van der Waals surface area contributed by atoms with Crippen LogP contribution in [0.1, 0.15) is 51.0 Å². The van der Waals surface area contributed by atoms with Crippen LogP contribution in [0.15, 0.2) is 12.5 Å². The van der Waals surface area contributed by atoms with Crippen molar-refractivity contribution in [2.24, 2.45) is 0 Å². The number of carbonyl (C=O) groups excluding carboxylic acids is 1. The van der Waals surface area contributed by atoms with Crippen molar-refractivity contribution in [1.82, 2.24) is 20.6 Å². The van der Waals surface area contributed by atoms with Crippen LogP contribution in [0, 0.1) is 0 Å². The molecule has 1 atom stereocenters. The van der Waals surface area contributed by atoms with Gasteiger partial charge in [0.25, 0.3) is 0 Å². The molecule has 0 spiro atoms.